The third-order valence-electron chi connectivity index (χ3n) is 2.78. The first kappa shape index (κ1) is 8.73. The largest absolute Gasteiger partial charge is 0.394 e. The van der Waals surface area contributed by atoms with Crippen molar-refractivity contribution in [2.45, 2.75) is 25.3 Å². The number of aliphatic hydroxyl groups excluding tert-OH is 1. The van der Waals surface area contributed by atoms with E-state index in [1.807, 2.05) is 12.1 Å². The number of hydrogen-bond donors (Lipinski definition) is 2. The lowest BCUT2D eigenvalue weighted by Crippen LogP contribution is -2.16. The molecule has 13 heavy (non-hydrogen) atoms. The normalized spacial score (nSPS) is 17.1. The van der Waals surface area contributed by atoms with Crippen LogP contribution in [0.1, 0.15) is 29.2 Å². The minimum atomic E-state index is -0.201. The molecule has 1 aliphatic carbocycles. The maximum Gasteiger partial charge on any atom is 0.0624 e. The van der Waals surface area contributed by atoms with Crippen molar-refractivity contribution in [2.24, 2.45) is 5.73 Å². The first-order valence-corrected chi connectivity index (χ1v) is 4.80. The average Bonchev–Trinajstić information content (AvgIpc) is 2.63. The average molecular weight is 177 g/mol. The van der Waals surface area contributed by atoms with Gasteiger partial charge < -0.3 is 10.8 Å². The van der Waals surface area contributed by atoms with Crippen LogP contribution in [-0.4, -0.2) is 11.7 Å². The fourth-order valence-corrected chi connectivity index (χ4v) is 2.09. The Hall–Kier alpha value is -0.860. The van der Waals surface area contributed by atoms with E-state index in [1.165, 1.54) is 24.0 Å². The van der Waals surface area contributed by atoms with Crippen molar-refractivity contribution in [3.8, 4) is 0 Å². The van der Waals surface area contributed by atoms with Gasteiger partial charge in [-0.3, -0.25) is 0 Å². The molecule has 3 N–H and O–H groups in total. The minimum Gasteiger partial charge on any atom is -0.394 e. The second kappa shape index (κ2) is 3.48. The molecule has 0 spiro atoms. The fourth-order valence-electron chi connectivity index (χ4n) is 2.09. The lowest BCUT2D eigenvalue weighted by Gasteiger charge is -2.13. The Morgan fingerprint density at radius 3 is 3.00 bits per heavy atom. The fraction of sp³-hybridized carbons (Fsp3) is 0.455. The summed E-state index contributed by atoms with van der Waals surface area (Å²) >= 11 is 0. The summed E-state index contributed by atoms with van der Waals surface area (Å²) in [5.74, 6) is 0. The van der Waals surface area contributed by atoms with Crippen molar-refractivity contribution >= 4 is 0 Å². The van der Waals surface area contributed by atoms with Crippen LogP contribution in [0.15, 0.2) is 18.2 Å². The van der Waals surface area contributed by atoms with Gasteiger partial charge in [0.2, 0.25) is 0 Å². The lowest BCUT2D eigenvalue weighted by atomic mass is 9.98. The molecule has 70 valence electrons. The van der Waals surface area contributed by atoms with Crippen molar-refractivity contribution in [2.75, 3.05) is 6.61 Å². The highest BCUT2D eigenvalue weighted by Crippen LogP contribution is 2.27. The monoisotopic (exact) mass is 177 g/mol. The van der Waals surface area contributed by atoms with Gasteiger partial charge in [0, 0.05) is 0 Å². The molecule has 0 radical (unpaired) electrons. The highest BCUT2D eigenvalue weighted by atomic mass is 16.3. The maximum atomic E-state index is 8.99. The molecule has 0 fully saturated rings. The number of hydrogen-bond acceptors (Lipinski definition) is 2. The van der Waals surface area contributed by atoms with E-state index in [4.69, 9.17) is 10.8 Å². The molecule has 2 rings (SSSR count). The van der Waals surface area contributed by atoms with Gasteiger partial charge in [-0.15, -0.1) is 0 Å². The zero-order chi connectivity index (χ0) is 9.26. The van der Waals surface area contributed by atoms with Crippen LogP contribution in [0.2, 0.25) is 0 Å². The van der Waals surface area contributed by atoms with E-state index >= 15 is 0 Å². The van der Waals surface area contributed by atoms with Crippen LogP contribution in [0.4, 0.5) is 0 Å². The van der Waals surface area contributed by atoms with Gasteiger partial charge >= 0.3 is 0 Å². The quantitative estimate of drug-likeness (QED) is 0.712. The number of fused-ring (bicyclic) bond motifs is 1. The van der Waals surface area contributed by atoms with Crippen LogP contribution >= 0.6 is 0 Å². The third-order valence-corrected chi connectivity index (χ3v) is 2.78. The number of benzene rings is 1. The van der Waals surface area contributed by atoms with Gasteiger partial charge in [-0.2, -0.15) is 0 Å². The van der Waals surface area contributed by atoms with Crippen LogP contribution in [0.5, 0.6) is 0 Å². The molecule has 1 aliphatic rings. The number of aliphatic hydroxyl groups is 1. The molecule has 0 saturated carbocycles. The van der Waals surface area contributed by atoms with E-state index in [9.17, 15) is 0 Å². The second-order valence-electron chi connectivity index (χ2n) is 3.63. The zero-order valence-corrected chi connectivity index (χ0v) is 7.66. The standard InChI is InChI=1S/C11H15NO/c12-11(7-13)10-6-2-4-8-3-1-5-9(8)10/h2,4,6,11,13H,1,3,5,7,12H2/t11-/m1/s1. The Balaban J connectivity index is 2.41. The van der Waals surface area contributed by atoms with Gasteiger partial charge in [-0.1, -0.05) is 18.2 Å². The van der Waals surface area contributed by atoms with Gasteiger partial charge in [-0.25, -0.2) is 0 Å². The predicted molar refractivity (Wildman–Crippen MR) is 52.5 cm³/mol. The van der Waals surface area contributed by atoms with Gasteiger partial charge in [0.25, 0.3) is 0 Å². The third kappa shape index (κ3) is 1.47. The first-order chi connectivity index (χ1) is 6.33. The van der Waals surface area contributed by atoms with Crippen molar-refractivity contribution in [3.63, 3.8) is 0 Å². The van der Waals surface area contributed by atoms with Gasteiger partial charge in [0.05, 0.1) is 12.6 Å². The SMILES string of the molecule is N[C@H](CO)c1cccc2c1CCC2. The van der Waals surface area contributed by atoms with Crippen molar-refractivity contribution < 1.29 is 5.11 Å². The number of rotatable bonds is 2. The van der Waals surface area contributed by atoms with Gasteiger partial charge in [0.15, 0.2) is 0 Å². The van der Waals surface area contributed by atoms with Crippen molar-refractivity contribution in [1.82, 2.24) is 0 Å². The molecule has 0 heterocycles. The second-order valence-corrected chi connectivity index (χ2v) is 3.63. The van der Waals surface area contributed by atoms with E-state index in [1.54, 1.807) is 0 Å². The minimum absolute atomic E-state index is 0.0381. The molecule has 1 aromatic rings. The summed E-state index contributed by atoms with van der Waals surface area (Å²) in [6.07, 6.45) is 3.52. The molecular weight excluding hydrogens is 162 g/mol. The highest BCUT2D eigenvalue weighted by molar-refractivity contribution is 5.40. The first-order valence-electron chi connectivity index (χ1n) is 4.80. The molecule has 1 atom stereocenters. The molecule has 2 heteroatoms. The Bertz CT molecular complexity index is 309. The molecule has 0 bridgehead atoms. The lowest BCUT2D eigenvalue weighted by molar-refractivity contribution is 0.267. The summed E-state index contributed by atoms with van der Waals surface area (Å²) < 4.78 is 0. The molecule has 0 saturated heterocycles. The summed E-state index contributed by atoms with van der Waals surface area (Å²) in [6.45, 7) is 0.0381. The Labute approximate surface area is 78.4 Å². The van der Waals surface area contributed by atoms with Crippen LogP contribution in [0.3, 0.4) is 0 Å². The Morgan fingerprint density at radius 1 is 1.38 bits per heavy atom. The molecule has 0 amide bonds. The summed E-state index contributed by atoms with van der Waals surface area (Å²) in [6, 6.07) is 6.03. The summed E-state index contributed by atoms with van der Waals surface area (Å²) in [4.78, 5) is 0. The molecule has 0 aliphatic heterocycles. The molecule has 0 aromatic heterocycles. The number of nitrogens with two attached hydrogens (primary N) is 1. The van der Waals surface area contributed by atoms with Gasteiger partial charge in [-0.05, 0) is 36.0 Å². The van der Waals surface area contributed by atoms with E-state index in [0.29, 0.717) is 0 Å². The number of aryl methyl sites for hydroxylation is 1. The van der Waals surface area contributed by atoms with Crippen molar-refractivity contribution in [1.29, 1.82) is 0 Å². The molecule has 0 unspecified atom stereocenters. The van der Waals surface area contributed by atoms with Crippen molar-refractivity contribution in [3.05, 3.63) is 34.9 Å². The van der Waals surface area contributed by atoms with E-state index in [2.05, 4.69) is 6.07 Å². The summed E-state index contributed by atoms with van der Waals surface area (Å²) in [5.41, 5.74) is 9.75. The maximum absolute atomic E-state index is 8.99. The highest BCUT2D eigenvalue weighted by Gasteiger charge is 2.17. The molecular formula is C11H15NO. The van der Waals surface area contributed by atoms with Crippen LogP contribution in [-0.2, 0) is 12.8 Å². The molecule has 2 nitrogen and oxygen atoms in total. The topological polar surface area (TPSA) is 46.2 Å². The van der Waals surface area contributed by atoms with E-state index < -0.39 is 0 Å². The predicted octanol–water partition coefficient (Wildman–Crippen LogP) is 1.17. The van der Waals surface area contributed by atoms with E-state index in [0.717, 1.165) is 12.0 Å². The van der Waals surface area contributed by atoms with E-state index in [-0.39, 0.29) is 12.6 Å². The Kier molecular flexibility index (Phi) is 2.34. The molecule has 1 aromatic carbocycles. The smallest absolute Gasteiger partial charge is 0.0624 e. The van der Waals surface area contributed by atoms with Crippen LogP contribution in [0.25, 0.3) is 0 Å². The zero-order valence-electron chi connectivity index (χ0n) is 7.66. The Morgan fingerprint density at radius 2 is 2.23 bits per heavy atom. The van der Waals surface area contributed by atoms with Crippen LogP contribution < -0.4 is 5.73 Å². The summed E-state index contributed by atoms with van der Waals surface area (Å²) in [5, 5.41) is 8.99. The van der Waals surface area contributed by atoms with Gasteiger partial charge in [0.1, 0.15) is 0 Å². The van der Waals surface area contributed by atoms with Crippen LogP contribution in [0, 0.1) is 0 Å². The summed E-state index contributed by atoms with van der Waals surface area (Å²) in [7, 11) is 0.